The van der Waals surface area contributed by atoms with Crippen molar-refractivity contribution in [1.82, 2.24) is 10.3 Å². The molecule has 0 saturated carbocycles. The van der Waals surface area contributed by atoms with Crippen LogP contribution in [0.1, 0.15) is 35.7 Å². The van der Waals surface area contributed by atoms with E-state index in [4.69, 9.17) is 14.2 Å². The molecule has 1 atom stereocenters. The number of fused-ring (bicyclic) bond motifs is 1. The fraction of sp³-hybridized carbons (Fsp3) is 0.550. The number of halogens is 3. The zero-order valence-corrected chi connectivity index (χ0v) is 18.6. The lowest BCUT2D eigenvalue weighted by molar-refractivity contribution is -0.136. The van der Waals surface area contributed by atoms with Gasteiger partial charge in [0, 0.05) is 45.5 Å². The van der Waals surface area contributed by atoms with Crippen molar-refractivity contribution >= 4 is 39.4 Å². The molecule has 8 nitrogen and oxygen atoms in total. The highest BCUT2D eigenvalue weighted by Gasteiger charge is 2.36. The molecule has 1 N–H and O–H groups in total. The van der Waals surface area contributed by atoms with E-state index in [0.717, 1.165) is 17.4 Å². The van der Waals surface area contributed by atoms with Gasteiger partial charge in [0.15, 0.2) is 0 Å². The molecule has 0 aromatic carbocycles. The van der Waals surface area contributed by atoms with E-state index in [0.29, 0.717) is 25.9 Å². The molecule has 0 spiro atoms. The van der Waals surface area contributed by atoms with E-state index in [9.17, 15) is 22.8 Å². The highest BCUT2D eigenvalue weighted by molar-refractivity contribution is 7.17. The van der Waals surface area contributed by atoms with Crippen molar-refractivity contribution in [3.63, 3.8) is 0 Å². The molecule has 3 heterocycles. The van der Waals surface area contributed by atoms with E-state index >= 15 is 0 Å². The summed E-state index contributed by atoms with van der Waals surface area (Å²) in [5.41, 5.74) is -0.703. The number of methoxy groups -OCH3 is 1. The Morgan fingerprint density at radius 2 is 2.03 bits per heavy atom. The summed E-state index contributed by atoms with van der Waals surface area (Å²) in [6.07, 6.45) is -5.46. The molecule has 2 aromatic rings. The summed E-state index contributed by atoms with van der Waals surface area (Å²) in [4.78, 5) is 30.0. The SMILES string of the molecule is CNC(=O)c1csc2c(C(F)(F)F)cc(N3CCC(OC(=O)O[C@@H](C)COC)CC3)nc12. The maximum absolute atomic E-state index is 13.7. The van der Waals surface area contributed by atoms with Gasteiger partial charge in [-0.25, -0.2) is 9.78 Å². The molecule has 0 aliphatic carbocycles. The smallest absolute Gasteiger partial charge is 0.431 e. The van der Waals surface area contributed by atoms with Crippen molar-refractivity contribution in [3.05, 3.63) is 22.6 Å². The first-order valence-corrected chi connectivity index (χ1v) is 10.8. The van der Waals surface area contributed by atoms with Crippen LogP contribution in [-0.4, -0.2) is 63.1 Å². The van der Waals surface area contributed by atoms with Gasteiger partial charge in [0.05, 0.1) is 28.0 Å². The number of hydrogen-bond acceptors (Lipinski definition) is 8. The van der Waals surface area contributed by atoms with E-state index in [2.05, 4.69) is 10.3 Å². The van der Waals surface area contributed by atoms with Crippen LogP contribution in [0.25, 0.3) is 10.2 Å². The molecule has 32 heavy (non-hydrogen) atoms. The average Bonchev–Trinajstić information content (AvgIpc) is 3.16. The Balaban J connectivity index is 1.76. The topological polar surface area (TPSA) is 90.0 Å². The van der Waals surface area contributed by atoms with Gasteiger partial charge in [-0.05, 0) is 13.0 Å². The summed E-state index contributed by atoms with van der Waals surface area (Å²) in [5.74, 6) is -0.370. The van der Waals surface area contributed by atoms with Gasteiger partial charge in [-0.3, -0.25) is 4.79 Å². The van der Waals surface area contributed by atoms with E-state index in [1.807, 2.05) is 0 Å². The molecule has 3 rings (SSSR count). The molecule has 1 fully saturated rings. The molecule has 0 radical (unpaired) electrons. The predicted molar refractivity (Wildman–Crippen MR) is 112 cm³/mol. The number of rotatable bonds is 6. The second kappa shape index (κ2) is 9.90. The number of nitrogens with one attached hydrogen (secondary N) is 1. The number of aromatic nitrogens is 1. The Morgan fingerprint density at radius 1 is 1.34 bits per heavy atom. The molecular weight excluding hydrogens is 451 g/mol. The summed E-state index contributed by atoms with van der Waals surface area (Å²) in [6, 6.07) is 1.01. The molecule has 1 aliphatic heterocycles. The number of piperidine rings is 1. The van der Waals surface area contributed by atoms with Crippen molar-refractivity contribution in [2.24, 2.45) is 0 Å². The van der Waals surface area contributed by atoms with Gasteiger partial charge in [-0.2, -0.15) is 13.2 Å². The van der Waals surface area contributed by atoms with Crippen molar-refractivity contribution < 1.29 is 37.0 Å². The van der Waals surface area contributed by atoms with Crippen LogP contribution in [0.3, 0.4) is 0 Å². The fourth-order valence-electron chi connectivity index (χ4n) is 3.46. The van der Waals surface area contributed by atoms with E-state index in [1.54, 1.807) is 11.8 Å². The summed E-state index contributed by atoms with van der Waals surface area (Å²) in [7, 11) is 2.90. The van der Waals surface area contributed by atoms with Crippen molar-refractivity contribution in [3.8, 4) is 0 Å². The van der Waals surface area contributed by atoms with Crippen LogP contribution in [0.5, 0.6) is 0 Å². The largest absolute Gasteiger partial charge is 0.508 e. The first kappa shape index (κ1) is 24.1. The van der Waals surface area contributed by atoms with Crippen LogP contribution >= 0.6 is 11.3 Å². The van der Waals surface area contributed by atoms with E-state index in [1.165, 1.54) is 19.5 Å². The monoisotopic (exact) mass is 475 g/mol. The van der Waals surface area contributed by atoms with Gasteiger partial charge in [0.1, 0.15) is 18.0 Å². The normalized spacial score (nSPS) is 16.1. The Labute approximate surface area is 186 Å². The van der Waals surface area contributed by atoms with Gasteiger partial charge < -0.3 is 24.4 Å². The van der Waals surface area contributed by atoms with Gasteiger partial charge in [-0.1, -0.05) is 0 Å². The van der Waals surface area contributed by atoms with Crippen molar-refractivity contribution in [2.45, 2.75) is 38.1 Å². The summed E-state index contributed by atoms with van der Waals surface area (Å²) in [6.45, 7) is 2.58. The number of pyridine rings is 1. The third-order valence-corrected chi connectivity index (χ3v) is 6.02. The fourth-order valence-corrected chi connectivity index (χ4v) is 4.49. The van der Waals surface area contributed by atoms with Crippen LogP contribution in [0.15, 0.2) is 11.4 Å². The van der Waals surface area contributed by atoms with Crippen LogP contribution in [-0.2, 0) is 20.4 Å². The minimum absolute atomic E-state index is 0.0215. The Morgan fingerprint density at radius 3 is 2.62 bits per heavy atom. The van der Waals surface area contributed by atoms with Crippen molar-refractivity contribution in [1.29, 1.82) is 0 Å². The number of amides is 1. The number of alkyl halides is 3. The number of thiophene rings is 1. The third-order valence-electron chi connectivity index (χ3n) is 5.01. The second-order valence-electron chi connectivity index (χ2n) is 7.37. The molecule has 12 heteroatoms. The highest BCUT2D eigenvalue weighted by Crippen LogP contribution is 2.40. The van der Waals surface area contributed by atoms with Crippen LogP contribution < -0.4 is 10.2 Å². The maximum Gasteiger partial charge on any atom is 0.508 e. The van der Waals surface area contributed by atoms with E-state index < -0.39 is 36.0 Å². The molecule has 2 aromatic heterocycles. The number of ether oxygens (including phenoxy) is 3. The van der Waals surface area contributed by atoms with Crippen LogP contribution in [0, 0.1) is 0 Å². The lowest BCUT2D eigenvalue weighted by Gasteiger charge is -2.32. The molecule has 1 amide bonds. The second-order valence-corrected chi connectivity index (χ2v) is 8.25. The van der Waals surface area contributed by atoms with Crippen molar-refractivity contribution in [2.75, 3.05) is 38.8 Å². The number of carbonyl (C=O) groups is 2. The summed E-state index contributed by atoms with van der Waals surface area (Å²) in [5, 5.41) is 3.81. The molecule has 0 bridgehead atoms. The quantitative estimate of drug-likeness (QED) is 0.635. The van der Waals surface area contributed by atoms with Crippen LogP contribution in [0.4, 0.5) is 23.8 Å². The molecular formula is C20H24F3N3O5S. The predicted octanol–water partition coefficient (Wildman–Crippen LogP) is 3.83. The first-order chi connectivity index (χ1) is 15.1. The van der Waals surface area contributed by atoms with Gasteiger partial charge in [0.25, 0.3) is 5.91 Å². The zero-order valence-electron chi connectivity index (χ0n) is 17.8. The first-order valence-electron chi connectivity index (χ1n) is 9.96. The highest BCUT2D eigenvalue weighted by atomic mass is 32.1. The zero-order chi connectivity index (χ0) is 23.5. The van der Waals surface area contributed by atoms with Gasteiger partial charge in [0.2, 0.25) is 0 Å². The number of carbonyl (C=O) groups excluding carboxylic acids is 2. The minimum atomic E-state index is -4.59. The molecule has 0 unspecified atom stereocenters. The molecule has 176 valence electrons. The lowest BCUT2D eigenvalue weighted by Crippen LogP contribution is -2.39. The van der Waals surface area contributed by atoms with Crippen LogP contribution in [0.2, 0.25) is 0 Å². The summed E-state index contributed by atoms with van der Waals surface area (Å²) < 4.78 is 56.3. The average molecular weight is 475 g/mol. The third kappa shape index (κ3) is 5.41. The Bertz CT molecular complexity index is 973. The summed E-state index contributed by atoms with van der Waals surface area (Å²) >= 11 is 0.840. The standard InChI is InChI=1S/C20H24F3N3O5S/c1-11(9-29-3)30-19(28)31-12-4-6-26(7-5-12)15-8-14(20(21,22)23)17-16(25-15)13(10-32-17)18(27)24-2/h8,10-12H,4-7,9H2,1-3H3,(H,24,27)/t11-/m0/s1. The number of hydrogen-bond donors (Lipinski definition) is 1. The Kier molecular flexibility index (Phi) is 7.44. The number of anilines is 1. The van der Waals surface area contributed by atoms with E-state index in [-0.39, 0.29) is 28.2 Å². The van der Waals surface area contributed by atoms with Gasteiger partial charge in [-0.15, -0.1) is 11.3 Å². The van der Waals surface area contributed by atoms with Gasteiger partial charge >= 0.3 is 12.3 Å². The number of nitrogens with zero attached hydrogens (tertiary/aromatic N) is 2. The maximum atomic E-state index is 13.7. The molecule has 1 saturated heterocycles. The lowest BCUT2D eigenvalue weighted by atomic mass is 10.1. The Hall–Kier alpha value is -2.60. The minimum Gasteiger partial charge on any atom is -0.431 e. The molecule has 1 aliphatic rings.